The Balaban J connectivity index is 1.56. The lowest BCUT2D eigenvalue weighted by atomic mass is 10.1. The highest BCUT2D eigenvalue weighted by Crippen LogP contribution is 2.18. The van der Waals surface area contributed by atoms with Crippen molar-refractivity contribution in [2.45, 2.75) is 44.8 Å². The quantitative estimate of drug-likeness (QED) is 0.618. The van der Waals surface area contributed by atoms with E-state index in [1.807, 2.05) is 0 Å². The second-order valence-corrected chi connectivity index (χ2v) is 6.92. The van der Waals surface area contributed by atoms with Crippen LogP contribution in [0, 0.1) is 0 Å². The van der Waals surface area contributed by atoms with Gasteiger partial charge in [-0.3, -0.25) is 10.1 Å². The van der Waals surface area contributed by atoms with Gasteiger partial charge in [-0.1, -0.05) is 24.4 Å². The summed E-state index contributed by atoms with van der Waals surface area (Å²) >= 11 is 5.84. The maximum absolute atomic E-state index is 12.3. The number of fused-ring (bicyclic) bond motifs is 1. The summed E-state index contributed by atoms with van der Waals surface area (Å²) < 4.78 is 5.16. The molecule has 2 aromatic rings. The van der Waals surface area contributed by atoms with Gasteiger partial charge < -0.3 is 10.1 Å². The van der Waals surface area contributed by atoms with Gasteiger partial charge in [-0.2, -0.15) is 0 Å². The molecule has 27 heavy (non-hydrogen) atoms. The number of rotatable bonds is 4. The van der Waals surface area contributed by atoms with E-state index < -0.39 is 24.0 Å². The molecule has 0 bridgehead atoms. The van der Waals surface area contributed by atoms with Gasteiger partial charge in [-0.15, -0.1) is 0 Å². The third kappa shape index (κ3) is 4.95. The third-order valence-corrected chi connectivity index (χ3v) is 4.68. The molecule has 1 saturated carbocycles. The topological polar surface area (TPSA) is 97.4 Å². The van der Waals surface area contributed by atoms with Crippen LogP contribution in [0.15, 0.2) is 30.3 Å². The molecular formula is C19H20ClN3O4. The molecule has 1 aliphatic rings. The summed E-state index contributed by atoms with van der Waals surface area (Å²) in [7, 11) is 0. The monoisotopic (exact) mass is 389 g/mol. The molecule has 3 rings (SSSR count). The van der Waals surface area contributed by atoms with Gasteiger partial charge in [0.05, 0.1) is 11.1 Å². The normalized spacial score (nSPS) is 15.3. The number of ether oxygens (including phenoxy) is 1. The SMILES string of the molecule is CC(OC(=O)c1ccc2nc(Cl)ccc2c1)C(=O)NC(=O)NC1CCCC1. The van der Waals surface area contributed by atoms with E-state index in [2.05, 4.69) is 15.6 Å². The molecule has 2 N–H and O–H groups in total. The molecule has 0 radical (unpaired) electrons. The van der Waals surface area contributed by atoms with E-state index in [1.54, 1.807) is 30.3 Å². The van der Waals surface area contributed by atoms with Crippen molar-refractivity contribution in [1.82, 2.24) is 15.6 Å². The number of benzene rings is 1. The molecule has 0 saturated heterocycles. The van der Waals surface area contributed by atoms with Crippen molar-refractivity contribution >= 4 is 40.4 Å². The number of aromatic nitrogens is 1. The zero-order valence-electron chi connectivity index (χ0n) is 14.8. The van der Waals surface area contributed by atoms with Crippen molar-refractivity contribution in [2.24, 2.45) is 0 Å². The highest BCUT2D eigenvalue weighted by atomic mass is 35.5. The molecule has 142 valence electrons. The predicted molar refractivity (Wildman–Crippen MR) is 101 cm³/mol. The van der Waals surface area contributed by atoms with E-state index in [4.69, 9.17) is 16.3 Å². The van der Waals surface area contributed by atoms with E-state index >= 15 is 0 Å². The number of carbonyl (C=O) groups is 3. The van der Waals surface area contributed by atoms with Crippen molar-refractivity contribution in [3.63, 3.8) is 0 Å². The fraction of sp³-hybridized carbons (Fsp3) is 0.368. The Morgan fingerprint density at radius 2 is 1.93 bits per heavy atom. The van der Waals surface area contributed by atoms with Gasteiger partial charge in [-0.25, -0.2) is 14.6 Å². The second-order valence-electron chi connectivity index (χ2n) is 6.53. The van der Waals surface area contributed by atoms with Gasteiger partial charge >= 0.3 is 12.0 Å². The van der Waals surface area contributed by atoms with Crippen LogP contribution in [-0.2, 0) is 9.53 Å². The highest BCUT2D eigenvalue weighted by Gasteiger charge is 2.23. The fourth-order valence-electron chi connectivity index (χ4n) is 3.01. The summed E-state index contributed by atoms with van der Waals surface area (Å²) in [6, 6.07) is 7.70. The number of urea groups is 1. The molecule has 3 amide bonds. The molecule has 1 aromatic heterocycles. The Hall–Kier alpha value is -2.67. The summed E-state index contributed by atoms with van der Waals surface area (Å²) in [5.41, 5.74) is 0.926. The fourth-order valence-corrected chi connectivity index (χ4v) is 3.17. The largest absolute Gasteiger partial charge is 0.449 e. The van der Waals surface area contributed by atoms with E-state index in [0.29, 0.717) is 10.7 Å². The van der Waals surface area contributed by atoms with Crippen molar-refractivity contribution in [1.29, 1.82) is 0 Å². The first-order valence-corrected chi connectivity index (χ1v) is 9.19. The van der Waals surface area contributed by atoms with Crippen LogP contribution in [0.3, 0.4) is 0 Å². The van der Waals surface area contributed by atoms with E-state index in [-0.39, 0.29) is 11.6 Å². The Morgan fingerprint density at radius 1 is 1.19 bits per heavy atom. The smallest absolute Gasteiger partial charge is 0.338 e. The minimum absolute atomic E-state index is 0.0929. The highest BCUT2D eigenvalue weighted by molar-refractivity contribution is 6.29. The number of esters is 1. The Morgan fingerprint density at radius 3 is 2.67 bits per heavy atom. The predicted octanol–water partition coefficient (Wildman–Crippen LogP) is 3.20. The third-order valence-electron chi connectivity index (χ3n) is 4.47. The molecule has 0 spiro atoms. The van der Waals surface area contributed by atoms with Gasteiger partial charge in [0.2, 0.25) is 0 Å². The van der Waals surface area contributed by atoms with Crippen LogP contribution in [0.5, 0.6) is 0 Å². The standard InChI is InChI=1S/C19H20ClN3O4/c1-11(17(24)23-19(26)21-14-4-2-3-5-14)27-18(25)13-6-8-15-12(10-13)7-9-16(20)22-15/h6-11,14H,2-5H2,1H3,(H2,21,23,24,26). The van der Waals surface area contributed by atoms with Gasteiger partial charge in [-0.05, 0) is 50.1 Å². The van der Waals surface area contributed by atoms with Crippen molar-refractivity contribution in [3.8, 4) is 0 Å². The number of carbonyl (C=O) groups excluding carboxylic acids is 3. The maximum atomic E-state index is 12.3. The average molecular weight is 390 g/mol. The molecule has 7 nitrogen and oxygen atoms in total. The van der Waals surface area contributed by atoms with Gasteiger partial charge in [0, 0.05) is 11.4 Å². The lowest BCUT2D eigenvalue weighted by Gasteiger charge is -2.15. The minimum atomic E-state index is -1.11. The van der Waals surface area contributed by atoms with Crippen LogP contribution in [-0.4, -0.2) is 35.0 Å². The van der Waals surface area contributed by atoms with Crippen LogP contribution in [0.4, 0.5) is 4.79 Å². The van der Waals surface area contributed by atoms with Gasteiger partial charge in [0.15, 0.2) is 6.10 Å². The molecule has 1 heterocycles. The van der Waals surface area contributed by atoms with Gasteiger partial charge in [0.25, 0.3) is 5.91 Å². The van der Waals surface area contributed by atoms with Crippen LogP contribution >= 0.6 is 11.6 Å². The number of amides is 3. The van der Waals surface area contributed by atoms with E-state index in [9.17, 15) is 14.4 Å². The molecular weight excluding hydrogens is 370 g/mol. The summed E-state index contributed by atoms with van der Waals surface area (Å²) in [5, 5.41) is 6.04. The summed E-state index contributed by atoms with van der Waals surface area (Å²) in [6.07, 6.45) is 2.86. The first-order chi connectivity index (χ1) is 12.9. The zero-order valence-corrected chi connectivity index (χ0v) is 15.6. The Kier molecular flexibility index (Phi) is 5.91. The van der Waals surface area contributed by atoms with Crippen LogP contribution in [0.25, 0.3) is 10.9 Å². The average Bonchev–Trinajstić information content (AvgIpc) is 3.13. The minimum Gasteiger partial charge on any atom is -0.449 e. The number of hydrogen-bond acceptors (Lipinski definition) is 5. The summed E-state index contributed by atoms with van der Waals surface area (Å²) in [6.45, 7) is 1.42. The number of pyridine rings is 1. The first kappa shape index (κ1) is 19.1. The van der Waals surface area contributed by atoms with E-state index in [1.165, 1.54) is 6.92 Å². The van der Waals surface area contributed by atoms with E-state index in [0.717, 1.165) is 31.1 Å². The van der Waals surface area contributed by atoms with Crippen molar-refractivity contribution in [3.05, 3.63) is 41.0 Å². The lowest BCUT2D eigenvalue weighted by Crippen LogP contribution is -2.47. The molecule has 8 heteroatoms. The van der Waals surface area contributed by atoms with Crippen LogP contribution in [0.1, 0.15) is 43.0 Å². The van der Waals surface area contributed by atoms with Gasteiger partial charge in [0.1, 0.15) is 5.15 Å². The molecule has 1 aliphatic carbocycles. The number of nitrogens with zero attached hydrogens (tertiary/aromatic N) is 1. The van der Waals surface area contributed by atoms with Crippen LogP contribution < -0.4 is 10.6 Å². The number of imide groups is 1. The molecule has 1 fully saturated rings. The number of halogens is 1. The molecule has 1 unspecified atom stereocenters. The van der Waals surface area contributed by atoms with Crippen molar-refractivity contribution < 1.29 is 19.1 Å². The van der Waals surface area contributed by atoms with Crippen molar-refractivity contribution in [2.75, 3.05) is 0 Å². The van der Waals surface area contributed by atoms with Crippen LogP contribution in [0.2, 0.25) is 5.15 Å². The molecule has 1 aromatic carbocycles. The number of hydrogen-bond donors (Lipinski definition) is 2. The second kappa shape index (κ2) is 8.35. The number of nitrogens with one attached hydrogen (secondary N) is 2. The summed E-state index contributed by atoms with van der Waals surface area (Å²) in [4.78, 5) is 40.3. The first-order valence-electron chi connectivity index (χ1n) is 8.81. The summed E-state index contributed by atoms with van der Waals surface area (Å²) in [5.74, 6) is -1.33. The molecule has 1 atom stereocenters. The Bertz CT molecular complexity index is 880. The maximum Gasteiger partial charge on any atom is 0.338 e. The molecule has 0 aliphatic heterocycles. The Labute approximate surface area is 161 Å². The lowest BCUT2D eigenvalue weighted by molar-refractivity contribution is -0.127. The zero-order chi connectivity index (χ0) is 19.4.